The van der Waals surface area contributed by atoms with Gasteiger partial charge in [-0.2, -0.15) is 0 Å². The van der Waals surface area contributed by atoms with Crippen LogP contribution in [0.15, 0.2) is 23.8 Å². The van der Waals surface area contributed by atoms with Crippen molar-refractivity contribution in [1.29, 1.82) is 0 Å². The zero-order valence-electron chi connectivity index (χ0n) is 15.6. The van der Waals surface area contributed by atoms with E-state index in [1.807, 2.05) is 6.08 Å². The standard InChI is InChI=1S/C21H26NO5/c1-22(11-12-2-3-12)9-8-20-17-13(4-5-14(23)18(17)25)10-16(22)21(20,27)7-6-15(24)19(20)26/h4-5,10,12,16-17,19,26-27H,2-3,6-9,11H2,1H3/q+1/t16-,17?,19?,20?,21-,22?/m1/s1. The number of nitrogens with zero attached hydrogens (tertiary/aromatic N) is 1. The Kier molecular flexibility index (Phi) is 3.39. The maximum absolute atomic E-state index is 12.9. The molecule has 0 aromatic carbocycles. The number of likely N-dealkylation sites (N-methyl/N-ethyl adjacent to an activating group) is 1. The van der Waals surface area contributed by atoms with Crippen molar-refractivity contribution in [3.05, 3.63) is 23.8 Å². The highest BCUT2D eigenvalue weighted by atomic mass is 16.3. The number of allylic oxidation sites excluding steroid dienone is 3. The van der Waals surface area contributed by atoms with Gasteiger partial charge in [0.05, 0.1) is 31.5 Å². The lowest BCUT2D eigenvalue weighted by molar-refractivity contribution is -0.945. The molecule has 2 N–H and O–H groups in total. The Morgan fingerprint density at radius 1 is 1.19 bits per heavy atom. The zero-order chi connectivity index (χ0) is 19.2. The fraction of sp³-hybridized carbons (Fsp3) is 0.667. The van der Waals surface area contributed by atoms with Crippen molar-refractivity contribution in [3.8, 4) is 0 Å². The molecule has 6 atom stereocenters. The number of carbonyl (C=O) groups excluding carboxylic acids is 3. The molecule has 144 valence electrons. The van der Waals surface area contributed by atoms with E-state index < -0.39 is 34.6 Å². The van der Waals surface area contributed by atoms with Crippen LogP contribution in [0.5, 0.6) is 0 Å². The monoisotopic (exact) mass is 372 g/mol. The number of fused-ring (bicyclic) bond motifs is 1. The van der Waals surface area contributed by atoms with Gasteiger partial charge >= 0.3 is 0 Å². The molecular weight excluding hydrogens is 346 g/mol. The van der Waals surface area contributed by atoms with Gasteiger partial charge in [-0.25, -0.2) is 0 Å². The van der Waals surface area contributed by atoms with Gasteiger partial charge in [0, 0.05) is 18.8 Å². The lowest BCUT2D eigenvalue weighted by atomic mass is 9.44. The van der Waals surface area contributed by atoms with Crippen LogP contribution in [-0.4, -0.2) is 69.9 Å². The summed E-state index contributed by atoms with van der Waals surface area (Å²) < 4.78 is 0.663. The van der Waals surface area contributed by atoms with Gasteiger partial charge in [-0.3, -0.25) is 14.4 Å². The molecule has 2 saturated carbocycles. The number of aliphatic hydroxyl groups excluding tert-OH is 1. The van der Waals surface area contributed by atoms with E-state index in [0.29, 0.717) is 28.9 Å². The number of rotatable bonds is 2. The molecule has 1 saturated heterocycles. The average Bonchev–Trinajstić information content (AvgIpc) is 3.43. The summed E-state index contributed by atoms with van der Waals surface area (Å²) in [4.78, 5) is 37.5. The summed E-state index contributed by atoms with van der Waals surface area (Å²) in [7, 11) is 2.14. The summed E-state index contributed by atoms with van der Waals surface area (Å²) in [5.41, 5.74) is -1.98. The summed E-state index contributed by atoms with van der Waals surface area (Å²) in [5, 5.41) is 23.0. The Morgan fingerprint density at radius 2 is 1.93 bits per heavy atom. The second kappa shape index (κ2) is 5.25. The van der Waals surface area contributed by atoms with Crippen LogP contribution in [0.2, 0.25) is 0 Å². The van der Waals surface area contributed by atoms with Crippen LogP contribution < -0.4 is 0 Å². The lowest BCUT2D eigenvalue weighted by Crippen LogP contribution is -2.81. The molecule has 0 amide bonds. The van der Waals surface area contributed by atoms with Crippen LogP contribution in [0.4, 0.5) is 0 Å². The molecule has 0 aromatic heterocycles. The van der Waals surface area contributed by atoms with E-state index in [1.165, 1.54) is 18.9 Å². The number of quaternary nitrogens is 1. The molecule has 3 fully saturated rings. The molecule has 2 bridgehead atoms. The predicted octanol–water partition coefficient (Wildman–Crippen LogP) is 0.321. The fourth-order valence-electron chi connectivity index (χ4n) is 6.55. The van der Waals surface area contributed by atoms with Crippen LogP contribution in [-0.2, 0) is 14.4 Å². The summed E-state index contributed by atoms with van der Waals surface area (Å²) >= 11 is 0. The van der Waals surface area contributed by atoms with Crippen molar-refractivity contribution in [3.63, 3.8) is 0 Å². The van der Waals surface area contributed by atoms with Crippen molar-refractivity contribution >= 4 is 17.3 Å². The molecule has 0 radical (unpaired) electrons. The number of carbonyl (C=O) groups is 3. The van der Waals surface area contributed by atoms with E-state index in [0.717, 1.165) is 6.54 Å². The van der Waals surface area contributed by atoms with Gasteiger partial charge in [0.2, 0.25) is 11.6 Å². The molecule has 27 heavy (non-hydrogen) atoms. The smallest absolute Gasteiger partial charge is 0.222 e. The van der Waals surface area contributed by atoms with E-state index in [9.17, 15) is 24.6 Å². The molecule has 0 aromatic rings. The third-order valence-corrected chi connectivity index (χ3v) is 8.05. The average molecular weight is 372 g/mol. The molecule has 1 aliphatic heterocycles. The van der Waals surface area contributed by atoms with Crippen molar-refractivity contribution in [2.45, 2.75) is 49.9 Å². The number of likely N-dealkylation sites (tertiary alicyclic amines) is 1. The maximum atomic E-state index is 12.9. The van der Waals surface area contributed by atoms with Crippen molar-refractivity contribution < 1.29 is 29.1 Å². The Bertz CT molecular complexity index is 826. The van der Waals surface area contributed by atoms with Gasteiger partial charge < -0.3 is 14.7 Å². The normalized spacial score (nSPS) is 48.8. The van der Waals surface area contributed by atoms with Gasteiger partial charge in [0.1, 0.15) is 17.7 Å². The maximum Gasteiger partial charge on any atom is 0.222 e. The Morgan fingerprint density at radius 3 is 2.63 bits per heavy atom. The molecule has 4 aliphatic carbocycles. The molecule has 0 spiro atoms. The predicted molar refractivity (Wildman–Crippen MR) is 95.4 cm³/mol. The fourth-order valence-corrected chi connectivity index (χ4v) is 6.55. The first-order valence-electron chi connectivity index (χ1n) is 9.98. The largest absolute Gasteiger partial charge is 0.385 e. The van der Waals surface area contributed by atoms with Crippen molar-refractivity contribution in [1.82, 2.24) is 0 Å². The third kappa shape index (κ3) is 2.04. The number of hydrogen-bond acceptors (Lipinski definition) is 5. The van der Waals surface area contributed by atoms with Gasteiger partial charge in [-0.05, 0) is 37.0 Å². The number of aliphatic hydroxyl groups is 2. The summed E-state index contributed by atoms with van der Waals surface area (Å²) in [6.07, 6.45) is 6.61. The van der Waals surface area contributed by atoms with E-state index in [-0.39, 0.29) is 24.7 Å². The van der Waals surface area contributed by atoms with Gasteiger partial charge in [0.15, 0.2) is 5.78 Å². The molecule has 5 rings (SSSR count). The first-order valence-corrected chi connectivity index (χ1v) is 9.98. The summed E-state index contributed by atoms with van der Waals surface area (Å²) in [6.45, 7) is 1.64. The quantitative estimate of drug-likeness (QED) is 0.538. The number of Topliss-reactive ketones (excluding diaryl/α,β-unsaturated/α-hetero) is 2. The second-order valence-electron chi connectivity index (χ2n) is 9.52. The molecular formula is C21H26NO5+. The highest BCUT2D eigenvalue weighted by molar-refractivity contribution is 6.44. The highest BCUT2D eigenvalue weighted by Crippen LogP contribution is 2.62. The van der Waals surface area contributed by atoms with Crippen LogP contribution in [0, 0.1) is 17.3 Å². The SMILES string of the molecule is C[N+]1(CC2CC2)CCC23C(O)C(=O)CC[C@@]2(O)[C@H]1C=C1C=CC(=O)C(=O)C13. The Balaban J connectivity index is 1.74. The highest BCUT2D eigenvalue weighted by Gasteiger charge is 2.75. The Hall–Kier alpha value is -1.63. The minimum Gasteiger partial charge on any atom is -0.385 e. The van der Waals surface area contributed by atoms with Crippen molar-refractivity contribution in [2.75, 3.05) is 20.1 Å². The second-order valence-corrected chi connectivity index (χ2v) is 9.52. The molecule has 6 heteroatoms. The summed E-state index contributed by atoms with van der Waals surface area (Å²) in [6, 6.07) is -0.286. The number of ketones is 3. The third-order valence-electron chi connectivity index (χ3n) is 8.05. The number of hydrogen-bond donors (Lipinski definition) is 2. The van der Waals surface area contributed by atoms with Gasteiger partial charge in [-0.15, -0.1) is 0 Å². The van der Waals surface area contributed by atoms with Crippen molar-refractivity contribution in [2.24, 2.45) is 17.3 Å². The van der Waals surface area contributed by atoms with Crippen LogP contribution in [0.1, 0.15) is 32.1 Å². The van der Waals surface area contributed by atoms with Gasteiger partial charge in [-0.1, -0.05) is 6.08 Å². The van der Waals surface area contributed by atoms with E-state index in [4.69, 9.17) is 0 Å². The van der Waals surface area contributed by atoms with Gasteiger partial charge in [0.25, 0.3) is 0 Å². The number of piperidine rings is 1. The van der Waals surface area contributed by atoms with Crippen LogP contribution in [0.25, 0.3) is 0 Å². The lowest BCUT2D eigenvalue weighted by Gasteiger charge is -2.66. The first-order chi connectivity index (χ1) is 12.7. The van der Waals surface area contributed by atoms with Crippen LogP contribution >= 0.6 is 0 Å². The molecule has 5 aliphatic rings. The Labute approximate surface area is 158 Å². The summed E-state index contributed by atoms with van der Waals surface area (Å²) in [5.74, 6) is -1.81. The van der Waals surface area contributed by atoms with Crippen LogP contribution in [0.3, 0.4) is 0 Å². The van der Waals surface area contributed by atoms with E-state index in [2.05, 4.69) is 7.05 Å². The van der Waals surface area contributed by atoms with E-state index >= 15 is 0 Å². The molecule has 4 unspecified atom stereocenters. The topological polar surface area (TPSA) is 91.7 Å². The van der Waals surface area contributed by atoms with E-state index in [1.54, 1.807) is 6.08 Å². The minimum atomic E-state index is -1.41. The molecule has 6 nitrogen and oxygen atoms in total. The molecule has 1 heterocycles. The first kappa shape index (κ1) is 17.5. The minimum absolute atomic E-state index is 0.104. The zero-order valence-corrected chi connectivity index (χ0v) is 15.6.